The summed E-state index contributed by atoms with van der Waals surface area (Å²) >= 11 is 0. The lowest BCUT2D eigenvalue weighted by Gasteiger charge is -2.30. The van der Waals surface area contributed by atoms with Crippen LogP contribution in [0.4, 0.5) is 0 Å². The Kier molecular flexibility index (Phi) is 7.09. The first-order valence-electron chi connectivity index (χ1n) is 9.44. The Morgan fingerprint density at radius 2 is 1.88 bits per heavy atom. The maximum atomic E-state index is 6.12. The van der Waals surface area contributed by atoms with Gasteiger partial charge in [0.15, 0.2) is 0 Å². The van der Waals surface area contributed by atoms with Gasteiger partial charge in [-0.05, 0) is 37.8 Å². The molecule has 4 heteroatoms. The summed E-state index contributed by atoms with van der Waals surface area (Å²) in [5.41, 5.74) is 1.40. The van der Waals surface area contributed by atoms with Gasteiger partial charge in [-0.1, -0.05) is 30.3 Å². The standard InChI is InChI=1S/C20H32N2O2/c1-21(14-19-8-12-23-13-9-19)16-20-17-22(10-5-11-24-20)15-18-6-3-2-4-7-18/h2-4,6-7,19-20H,5,8-17H2,1H3/t20-/m0/s1. The average Bonchev–Trinajstić information content (AvgIpc) is 2.81. The Labute approximate surface area is 146 Å². The van der Waals surface area contributed by atoms with Crippen molar-refractivity contribution in [1.82, 2.24) is 9.80 Å². The zero-order chi connectivity index (χ0) is 16.6. The van der Waals surface area contributed by atoms with E-state index in [-0.39, 0.29) is 0 Å². The maximum Gasteiger partial charge on any atom is 0.0828 e. The lowest BCUT2D eigenvalue weighted by atomic mass is 10.00. The fraction of sp³-hybridized carbons (Fsp3) is 0.700. The summed E-state index contributed by atoms with van der Waals surface area (Å²) < 4.78 is 11.6. The summed E-state index contributed by atoms with van der Waals surface area (Å²) in [6, 6.07) is 10.8. The van der Waals surface area contributed by atoms with Gasteiger partial charge in [0.1, 0.15) is 0 Å². The highest BCUT2D eigenvalue weighted by atomic mass is 16.5. The molecule has 4 nitrogen and oxygen atoms in total. The Hall–Kier alpha value is -0.940. The molecule has 0 aromatic heterocycles. The van der Waals surface area contributed by atoms with Crippen molar-refractivity contribution in [3.63, 3.8) is 0 Å². The number of nitrogens with zero attached hydrogens (tertiary/aromatic N) is 2. The first-order valence-corrected chi connectivity index (χ1v) is 9.44. The molecule has 0 amide bonds. The summed E-state index contributed by atoms with van der Waals surface area (Å²) in [6.07, 6.45) is 3.86. The van der Waals surface area contributed by atoms with E-state index in [1.807, 2.05) is 0 Å². The molecule has 2 aliphatic rings. The minimum Gasteiger partial charge on any atom is -0.381 e. The molecule has 2 fully saturated rings. The molecule has 0 unspecified atom stereocenters. The Morgan fingerprint density at radius 3 is 2.67 bits per heavy atom. The minimum absolute atomic E-state index is 0.320. The van der Waals surface area contributed by atoms with Gasteiger partial charge < -0.3 is 14.4 Å². The van der Waals surface area contributed by atoms with Crippen molar-refractivity contribution >= 4 is 0 Å². The maximum absolute atomic E-state index is 6.12. The molecule has 2 heterocycles. The first-order chi connectivity index (χ1) is 11.8. The van der Waals surface area contributed by atoms with Crippen molar-refractivity contribution < 1.29 is 9.47 Å². The van der Waals surface area contributed by atoms with Gasteiger partial charge in [0, 0.05) is 52.5 Å². The van der Waals surface area contributed by atoms with Gasteiger partial charge in [-0.15, -0.1) is 0 Å². The van der Waals surface area contributed by atoms with Gasteiger partial charge in [-0.3, -0.25) is 4.90 Å². The molecule has 0 saturated carbocycles. The van der Waals surface area contributed by atoms with Crippen molar-refractivity contribution in [2.45, 2.75) is 31.9 Å². The lowest BCUT2D eigenvalue weighted by molar-refractivity contribution is 0.0178. The number of hydrogen-bond acceptors (Lipinski definition) is 4. The van der Waals surface area contributed by atoms with E-state index < -0.39 is 0 Å². The third-order valence-corrected chi connectivity index (χ3v) is 5.11. The lowest BCUT2D eigenvalue weighted by Crippen LogP contribution is -2.40. The van der Waals surface area contributed by atoms with Crippen LogP contribution in [0.1, 0.15) is 24.8 Å². The second-order valence-corrected chi connectivity index (χ2v) is 7.34. The fourth-order valence-electron chi connectivity index (χ4n) is 3.86. The van der Waals surface area contributed by atoms with Gasteiger partial charge in [0.2, 0.25) is 0 Å². The van der Waals surface area contributed by atoms with E-state index in [2.05, 4.69) is 47.2 Å². The molecule has 2 saturated heterocycles. The van der Waals surface area contributed by atoms with E-state index in [1.165, 1.54) is 24.9 Å². The Bertz CT molecular complexity index is 462. The fourth-order valence-corrected chi connectivity index (χ4v) is 3.86. The van der Waals surface area contributed by atoms with Crippen LogP contribution >= 0.6 is 0 Å². The van der Waals surface area contributed by atoms with Gasteiger partial charge in [0.25, 0.3) is 0 Å². The monoisotopic (exact) mass is 332 g/mol. The molecular formula is C20H32N2O2. The normalized spacial score (nSPS) is 24.2. The van der Waals surface area contributed by atoms with Crippen LogP contribution in [0, 0.1) is 5.92 Å². The van der Waals surface area contributed by atoms with Crippen molar-refractivity contribution in [2.24, 2.45) is 5.92 Å². The zero-order valence-corrected chi connectivity index (χ0v) is 15.0. The highest BCUT2D eigenvalue weighted by molar-refractivity contribution is 5.14. The number of ether oxygens (including phenoxy) is 2. The van der Waals surface area contributed by atoms with Gasteiger partial charge >= 0.3 is 0 Å². The molecule has 24 heavy (non-hydrogen) atoms. The SMILES string of the molecule is CN(CC1CCOCC1)C[C@H]1CN(Cc2ccccc2)CCCO1. The van der Waals surface area contributed by atoms with E-state index in [9.17, 15) is 0 Å². The molecule has 134 valence electrons. The van der Waals surface area contributed by atoms with Crippen molar-refractivity contribution in [2.75, 3.05) is 53.0 Å². The van der Waals surface area contributed by atoms with Gasteiger partial charge in [0.05, 0.1) is 6.10 Å². The van der Waals surface area contributed by atoms with Crippen LogP contribution in [-0.4, -0.2) is 69.0 Å². The van der Waals surface area contributed by atoms with Gasteiger partial charge in [-0.2, -0.15) is 0 Å². The van der Waals surface area contributed by atoms with E-state index >= 15 is 0 Å². The summed E-state index contributed by atoms with van der Waals surface area (Å²) in [5.74, 6) is 0.787. The van der Waals surface area contributed by atoms with Gasteiger partial charge in [-0.25, -0.2) is 0 Å². The summed E-state index contributed by atoms with van der Waals surface area (Å²) in [7, 11) is 2.24. The number of benzene rings is 1. The van der Waals surface area contributed by atoms with Crippen LogP contribution < -0.4 is 0 Å². The molecule has 0 spiro atoms. The molecular weight excluding hydrogens is 300 g/mol. The summed E-state index contributed by atoms with van der Waals surface area (Å²) in [4.78, 5) is 5.02. The van der Waals surface area contributed by atoms with E-state index in [4.69, 9.17) is 9.47 Å². The van der Waals surface area contributed by atoms with Crippen LogP contribution in [-0.2, 0) is 16.0 Å². The molecule has 1 atom stereocenters. The minimum atomic E-state index is 0.320. The largest absolute Gasteiger partial charge is 0.381 e. The van der Waals surface area contributed by atoms with Crippen LogP contribution in [0.15, 0.2) is 30.3 Å². The van der Waals surface area contributed by atoms with Crippen LogP contribution in [0.5, 0.6) is 0 Å². The predicted molar refractivity (Wildman–Crippen MR) is 97.1 cm³/mol. The van der Waals surface area contributed by atoms with Crippen molar-refractivity contribution in [3.8, 4) is 0 Å². The highest BCUT2D eigenvalue weighted by Gasteiger charge is 2.22. The molecule has 1 aromatic carbocycles. The van der Waals surface area contributed by atoms with E-state index in [0.717, 1.165) is 58.3 Å². The molecule has 3 rings (SSSR count). The molecule has 1 aromatic rings. The molecule has 0 radical (unpaired) electrons. The van der Waals surface area contributed by atoms with Crippen LogP contribution in [0.2, 0.25) is 0 Å². The molecule has 2 aliphatic heterocycles. The third-order valence-electron chi connectivity index (χ3n) is 5.11. The quantitative estimate of drug-likeness (QED) is 0.799. The average molecular weight is 332 g/mol. The third kappa shape index (κ3) is 5.85. The van der Waals surface area contributed by atoms with Crippen molar-refractivity contribution in [1.29, 1.82) is 0 Å². The zero-order valence-electron chi connectivity index (χ0n) is 15.0. The second kappa shape index (κ2) is 9.52. The molecule has 0 N–H and O–H groups in total. The molecule has 0 aliphatic carbocycles. The highest BCUT2D eigenvalue weighted by Crippen LogP contribution is 2.17. The molecule has 0 bridgehead atoms. The predicted octanol–water partition coefficient (Wildman–Crippen LogP) is 2.64. The van der Waals surface area contributed by atoms with Crippen LogP contribution in [0.3, 0.4) is 0 Å². The number of likely N-dealkylation sites (N-methyl/N-ethyl adjacent to an activating group) is 1. The summed E-state index contributed by atoms with van der Waals surface area (Å²) in [5, 5.41) is 0. The topological polar surface area (TPSA) is 24.9 Å². The number of rotatable bonds is 6. The Morgan fingerprint density at radius 1 is 1.08 bits per heavy atom. The second-order valence-electron chi connectivity index (χ2n) is 7.34. The summed E-state index contributed by atoms with van der Waals surface area (Å²) in [6.45, 7) is 8.16. The van der Waals surface area contributed by atoms with Crippen molar-refractivity contribution in [3.05, 3.63) is 35.9 Å². The first kappa shape index (κ1) is 17.9. The Balaban J connectivity index is 1.47. The van der Waals surface area contributed by atoms with Crippen LogP contribution in [0.25, 0.3) is 0 Å². The smallest absolute Gasteiger partial charge is 0.0828 e. The van der Waals surface area contributed by atoms with E-state index in [1.54, 1.807) is 0 Å². The number of hydrogen-bond donors (Lipinski definition) is 0. The van der Waals surface area contributed by atoms with E-state index in [0.29, 0.717) is 6.10 Å².